The third-order valence-electron chi connectivity index (χ3n) is 5.21. The zero-order valence-electron chi connectivity index (χ0n) is 16.9. The van der Waals surface area contributed by atoms with Crippen molar-refractivity contribution in [1.82, 2.24) is 0 Å². The smallest absolute Gasteiger partial charge is 0.0926 e. The third kappa shape index (κ3) is 5.04. The Morgan fingerprint density at radius 2 is 1.64 bits per heavy atom. The lowest BCUT2D eigenvalue weighted by Gasteiger charge is -2.27. The maximum absolute atomic E-state index is 9.58. The molecule has 2 heteroatoms. The zero-order valence-corrected chi connectivity index (χ0v) is 16.9. The maximum Gasteiger partial charge on any atom is 0.0926 e. The molecule has 3 rings (SSSR count). The molecule has 2 aliphatic rings. The molecule has 0 spiro atoms. The fourth-order valence-electron chi connectivity index (χ4n) is 3.39. The number of aryl methyl sites for hydroxylation is 1. The van der Waals surface area contributed by atoms with Crippen molar-refractivity contribution in [2.75, 3.05) is 4.90 Å². The van der Waals surface area contributed by atoms with Gasteiger partial charge in [-0.3, -0.25) is 0 Å². The first-order valence-electron chi connectivity index (χ1n) is 9.89. The van der Waals surface area contributed by atoms with Crippen LogP contribution in [0.15, 0.2) is 108 Å². The Balaban J connectivity index is 1.88. The van der Waals surface area contributed by atoms with Crippen LogP contribution in [-0.2, 0) is 0 Å². The molecule has 0 bridgehead atoms. The monoisotopic (exact) mass is 371 g/mol. The van der Waals surface area contributed by atoms with Crippen molar-refractivity contribution in [1.29, 1.82) is 0 Å². The minimum Gasteiger partial charge on any atom is -0.512 e. The van der Waals surface area contributed by atoms with Crippen LogP contribution in [0.4, 0.5) is 5.69 Å². The van der Waals surface area contributed by atoms with Crippen molar-refractivity contribution in [3.8, 4) is 0 Å². The quantitative estimate of drug-likeness (QED) is 0.534. The lowest BCUT2D eigenvalue weighted by atomic mass is 9.90. The topological polar surface area (TPSA) is 23.5 Å². The van der Waals surface area contributed by atoms with Crippen LogP contribution in [0.5, 0.6) is 0 Å². The summed E-state index contributed by atoms with van der Waals surface area (Å²) in [6, 6.07) is 8.64. The maximum atomic E-state index is 9.58. The summed E-state index contributed by atoms with van der Waals surface area (Å²) in [5, 5.41) is 9.58. The van der Waals surface area contributed by atoms with E-state index >= 15 is 0 Å². The number of rotatable bonds is 6. The Labute approximate surface area is 168 Å². The van der Waals surface area contributed by atoms with E-state index in [0.29, 0.717) is 5.76 Å². The van der Waals surface area contributed by atoms with Crippen molar-refractivity contribution in [2.24, 2.45) is 0 Å². The highest BCUT2D eigenvalue weighted by Crippen LogP contribution is 2.33. The minimum atomic E-state index is 0.481. The van der Waals surface area contributed by atoms with Crippen LogP contribution in [0.25, 0.3) is 0 Å². The summed E-state index contributed by atoms with van der Waals surface area (Å²) >= 11 is 0. The number of anilines is 1. The Bertz CT molecular complexity index is 904. The molecule has 2 nitrogen and oxygen atoms in total. The molecule has 0 fully saturated rings. The Kier molecular flexibility index (Phi) is 6.54. The lowest BCUT2D eigenvalue weighted by Crippen LogP contribution is -2.17. The molecule has 0 saturated heterocycles. The summed E-state index contributed by atoms with van der Waals surface area (Å²) in [4.78, 5) is 2.26. The summed E-state index contributed by atoms with van der Waals surface area (Å²) in [6.07, 6.45) is 20.2. The fraction of sp³-hybridized carbons (Fsp3) is 0.231. The van der Waals surface area contributed by atoms with Gasteiger partial charge in [0.25, 0.3) is 0 Å². The molecule has 0 aromatic heterocycles. The molecule has 2 aliphatic carbocycles. The van der Waals surface area contributed by atoms with Crippen LogP contribution in [0, 0.1) is 6.92 Å². The highest BCUT2D eigenvalue weighted by Gasteiger charge is 2.16. The average molecular weight is 372 g/mol. The second kappa shape index (κ2) is 9.27. The van der Waals surface area contributed by atoms with E-state index in [1.807, 2.05) is 19.1 Å². The number of benzene rings is 1. The first kappa shape index (κ1) is 19.8. The highest BCUT2D eigenvalue weighted by atomic mass is 16.3. The normalized spacial score (nSPS) is 17.6. The zero-order chi connectivity index (χ0) is 19.9. The van der Waals surface area contributed by atoms with Crippen LogP contribution < -0.4 is 4.90 Å². The van der Waals surface area contributed by atoms with Crippen molar-refractivity contribution < 1.29 is 5.11 Å². The Morgan fingerprint density at radius 1 is 0.964 bits per heavy atom. The highest BCUT2D eigenvalue weighted by molar-refractivity contribution is 5.58. The van der Waals surface area contributed by atoms with Crippen LogP contribution >= 0.6 is 0 Å². The molecule has 0 heterocycles. The molecule has 1 aromatic rings. The van der Waals surface area contributed by atoms with E-state index < -0.39 is 0 Å². The van der Waals surface area contributed by atoms with Gasteiger partial charge in [-0.2, -0.15) is 0 Å². The number of nitrogens with zero attached hydrogens (tertiary/aromatic N) is 1. The van der Waals surface area contributed by atoms with Gasteiger partial charge in [-0.25, -0.2) is 0 Å². The summed E-state index contributed by atoms with van der Waals surface area (Å²) in [5.74, 6) is 0.481. The van der Waals surface area contributed by atoms with Crippen LogP contribution in [0.3, 0.4) is 0 Å². The predicted molar refractivity (Wildman–Crippen MR) is 120 cm³/mol. The van der Waals surface area contributed by atoms with Crippen LogP contribution in [-0.4, -0.2) is 5.11 Å². The summed E-state index contributed by atoms with van der Waals surface area (Å²) in [7, 11) is 0. The molecule has 1 N–H and O–H groups in total. The molecule has 0 atom stereocenters. The van der Waals surface area contributed by atoms with Crippen molar-refractivity contribution in [2.45, 2.75) is 39.5 Å². The van der Waals surface area contributed by atoms with Gasteiger partial charge in [0.05, 0.1) is 5.76 Å². The predicted octanol–water partition coefficient (Wildman–Crippen LogP) is 7.21. The molecular formula is C26H29NO. The Morgan fingerprint density at radius 3 is 2.21 bits per heavy atom. The van der Waals surface area contributed by atoms with E-state index in [2.05, 4.69) is 79.2 Å². The van der Waals surface area contributed by atoms with Gasteiger partial charge in [0.2, 0.25) is 0 Å². The van der Waals surface area contributed by atoms with Gasteiger partial charge < -0.3 is 10.0 Å². The largest absolute Gasteiger partial charge is 0.512 e. The second-order valence-electron chi connectivity index (χ2n) is 7.36. The molecule has 0 radical (unpaired) electrons. The van der Waals surface area contributed by atoms with E-state index in [1.54, 1.807) is 0 Å². The second-order valence-corrected chi connectivity index (χ2v) is 7.36. The molecule has 144 valence electrons. The number of hydrogen-bond acceptors (Lipinski definition) is 2. The summed E-state index contributed by atoms with van der Waals surface area (Å²) in [6.45, 7) is 7.97. The third-order valence-corrected chi connectivity index (χ3v) is 5.21. The first-order chi connectivity index (χ1) is 13.6. The SMILES string of the molecule is C=C/C(C)=C\C=C\N(C1=CC=C(C2=CC=C(O)CC2)CC1)c1ccc(C)cc1. The van der Waals surface area contributed by atoms with E-state index in [1.165, 1.54) is 28.1 Å². The van der Waals surface area contributed by atoms with E-state index in [0.717, 1.165) is 31.3 Å². The molecule has 28 heavy (non-hydrogen) atoms. The van der Waals surface area contributed by atoms with Crippen LogP contribution in [0.2, 0.25) is 0 Å². The van der Waals surface area contributed by atoms with E-state index in [9.17, 15) is 5.11 Å². The molecular weight excluding hydrogens is 342 g/mol. The molecule has 0 saturated carbocycles. The molecule has 0 amide bonds. The molecule has 0 unspecified atom stereocenters. The van der Waals surface area contributed by atoms with Gasteiger partial charge >= 0.3 is 0 Å². The standard InChI is InChI=1S/C26H29NO/c1-4-20(2)6-5-19-27(24-13-7-21(3)8-14-24)25-15-9-22(10-16-25)23-11-17-26(28)18-12-23/h4-9,11,13-15,17,19,28H,1,10,12,16,18H2,2-3H3/b19-5+,20-6-. The van der Waals surface area contributed by atoms with E-state index in [4.69, 9.17) is 0 Å². The molecule has 0 aliphatic heterocycles. The number of hydrogen-bond donors (Lipinski definition) is 1. The minimum absolute atomic E-state index is 0.481. The van der Waals surface area contributed by atoms with Gasteiger partial charge in [0.15, 0.2) is 0 Å². The van der Waals surface area contributed by atoms with Gasteiger partial charge in [0.1, 0.15) is 0 Å². The van der Waals surface area contributed by atoms with Gasteiger partial charge in [-0.15, -0.1) is 0 Å². The number of aliphatic hydroxyl groups is 1. The summed E-state index contributed by atoms with van der Waals surface area (Å²) < 4.78 is 0. The molecule has 1 aromatic carbocycles. The van der Waals surface area contributed by atoms with Gasteiger partial charge in [-0.05, 0) is 74.6 Å². The number of aliphatic hydroxyl groups excluding tert-OH is 1. The van der Waals surface area contributed by atoms with E-state index in [-0.39, 0.29) is 0 Å². The van der Waals surface area contributed by atoms with Crippen LogP contribution in [0.1, 0.15) is 38.2 Å². The van der Waals surface area contributed by atoms with Gasteiger partial charge in [-0.1, -0.05) is 54.2 Å². The number of allylic oxidation sites excluding steroid dienone is 12. The lowest BCUT2D eigenvalue weighted by molar-refractivity contribution is 0.386. The summed E-state index contributed by atoms with van der Waals surface area (Å²) in [5.41, 5.74) is 7.57. The van der Waals surface area contributed by atoms with Crippen molar-refractivity contribution in [3.05, 3.63) is 113 Å². The Hall–Kier alpha value is -3.00. The van der Waals surface area contributed by atoms with Crippen molar-refractivity contribution in [3.63, 3.8) is 0 Å². The van der Waals surface area contributed by atoms with Gasteiger partial charge in [0, 0.05) is 24.0 Å². The fourth-order valence-corrected chi connectivity index (χ4v) is 3.39. The average Bonchev–Trinajstić information content (AvgIpc) is 2.73. The van der Waals surface area contributed by atoms with Crippen molar-refractivity contribution >= 4 is 5.69 Å². The first-order valence-corrected chi connectivity index (χ1v) is 9.89.